The van der Waals surface area contributed by atoms with Crippen molar-refractivity contribution >= 4 is 34.2 Å². The number of halogens is 1. The molecule has 0 bridgehead atoms. The fourth-order valence-corrected chi connectivity index (χ4v) is 2.91. The number of rotatable bonds is 5. The topological polar surface area (TPSA) is 54.3 Å². The lowest BCUT2D eigenvalue weighted by molar-refractivity contribution is -0.118. The Bertz CT molecular complexity index is 871. The SMILES string of the molecule is Cc1c(Cl)cccc1NC(=O)C(C)NC(C)c1cc2ccccc2o1. The van der Waals surface area contributed by atoms with Crippen molar-refractivity contribution in [3.8, 4) is 0 Å². The van der Waals surface area contributed by atoms with Gasteiger partial charge in [-0.2, -0.15) is 0 Å². The summed E-state index contributed by atoms with van der Waals surface area (Å²) in [4.78, 5) is 12.5. The van der Waals surface area contributed by atoms with E-state index in [2.05, 4.69) is 10.6 Å². The van der Waals surface area contributed by atoms with Crippen LogP contribution in [0.15, 0.2) is 52.9 Å². The van der Waals surface area contributed by atoms with Crippen LogP contribution in [0.1, 0.15) is 31.2 Å². The number of carbonyl (C=O) groups is 1. The number of carbonyl (C=O) groups excluding carboxylic acids is 1. The van der Waals surface area contributed by atoms with Gasteiger partial charge in [0.1, 0.15) is 11.3 Å². The van der Waals surface area contributed by atoms with Crippen LogP contribution < -0.4 is 10.6 Å². The Labute approximate surface area is 152 Å². The Morgan fingerprint density at radius 3 is 2.64 bits per heavy atom. The van der Waals surface area contributed by atoms with Gasteiger partial charge in [-0.25, -0.2) is 0 Å². The summed E-state index contributed by atoms with van der Waals surface area (Å²) < 4.78 is 5.85. The first-order valence-electron chi connectivity index (χ1n) is 8.26. The molecule has 0 aliphatic carbocycles. The Balaban J connectivity index is 1.67. The number of hydrogen-bond donors (Lipinski definition) is 2. The van der Waals surface area contributed by atoms with E-state index in [-0.39, 0.29) is 18.0 Å². The third-order valence-electron chi connectivity index (χ3n) is 4.29. The Hall–Kier alpha value is -2.30. The molecule has 1 aromatic heterocycles. The van der Waals surface area contributed by atoms with Crippen molar-refractivity contribution in [1.29, 1.82) is 0 Å². The molecule has 2 atom stereocenters. The van der Waals surface area contributed by atoms with E-state index in [0.29, 0.717) is 5.02 Å². The molecule has 0 aliphatic rings. The van der Waals surface area contributed by atoms with Crippen LogP contribution in [0.4, 0.5) is 5.69 Å². The van der Waals surface area contributed by atoms with Gasteiger partial charge in [0.25, 0.3) is 0 Å². The van der Waals surface area contributed by atoms with Crippen LogP contribution in [0.5, 0.6) is 0 Å². The van der Waals surface area contributed by atoms with Gasteiger partial charge in [0, 0.05) is 16.1 Å². The molecule has 130 valence electrons. The number of hydrogen-bond acceptors (Lipinski definition) is 3. The highest BCUT2D eigenvalue weighted by molar-refractivity contribution is 6.31. The fourth-order valence-electron chi connectivity index (χ4n) is 2.73. The lowest BCUT2D eigenvalue weighted by Crippen LogP contribution is -2.39. The van der Waals surface area contributed by atoms with Crippen molar-refractivity contribution in [3.05, 3.63) is 64.9 Å². The Kier molecular flexibility index (Phi) is 5.11. The second kappa shape index (κ2) is 7.30. The molecule has 0 fully saturated rings. The van der Waals surface area contributed by atoms with E-state index in [1.165, 1.54) is 0 Å². The molecule has 3 rings (SSSR count). The molecule has 25 heavy (non-hydrogen) atoms. The van der Waals surface area contributed by atoms with Gasteiger partial charge < -0.3 is 9.73 Å². The first-order chi connectivity index (χ1) is 12.0. The second-order valence-electron chi connectivity index (χ2n) is 6.20. The average molecular weight is 357 g/mol. The quantitative estimate of drug-likeness (QED) is 0.670. The first kappa shape index (κ1) is 17.5. The van der Waals surface area contributed by atoms with E-state index in [9.17, 15) is 4.79 Å². The van der Waals surface area contributed by atoms with Crippen LogP contribution in [-0.4, -0.2) is 11.9 Å². The molecule has 0 radical (unpaired) electrons. The van der Waals surface area contributed by atoms with E-state index < -0.39 is 0 Å². The molecule has 2 unspecified atom stereocenters. The molecule has 5 heteroatoms. The minimum Gasteiger partial charge on any atom is -0.459 e. The molecule has 4 nitrogen and oxygen atoms in total. The van der Waals surface area contributed by atoms with Crippen molar-refractivity contribution < 1.29 is 9.21 Å². The molecular weight excluding hydrogens is 336 g/mol. The fraction of sp³-hybridized carbons (Fsp3) is 0.250. The van der Waals surface area contributed by atoms with E-state index in [4.69, 9.17) is 16.0 Å². The number of para-hydroxylation sites is 1. The zero-order valence-corrected chi connectivity index (χ0v) is 15.2. The number of anilines is 1. The van der Waals surface area contributed by atoms with Gasteiger partial charge in [-0.15, -0.1) is 0 Å². The monoisotopic (exact) mass is 356 g/mol. The maximum absolute atomic E-state index is 12.5. The second-order valence-corrected chi connectivity index (χ2v) is 6.61. The van der Waals surface area contributed by atoms with Crippen LogP contribution in [0.2, 0.25) is 5.02 Å². The average Bonchev–Trinajstić information content (AvgIpc) is 3.03. The van der Waals surface area contributed by atoms with Crippen molar-refractivity contribution in [2.45, 2.75) is 32.9 Å². The summed E-state index contributed by atoms with van der Waals surface area (Å²) in [6, 6.07) is 14.8. The maximum Gasteiger partial charge on any atom is 0.241 e. The molecule has 1 heterocycles. The molecule has 3 aromatic rings. The minimum atomic E-state index is -0.387. The zero-order valence-electron chi connectivity index (χ0n) is 14.5. The molecule has 0 spiro atoms. The third kappa shape index (κ3) is 3.86. The number of furan rings is 1. The number of fused-ring (bicyclic) bond motifs is 1. The third-order valence-corrected chi connectivity index (χ3v) is 4.70. The first-order valence-corrected chi connectivity index (χ1v) is 8.64. The highest BCUT2D eigenvalue weighted by atomic mass is 35.5. The van der Waals surface area contributed by atoms with Crippen molar-refractivity contribution in [2.24, 2.45) is 0 Å². The van der Waals surface area contributed by atoms with E-state index in [0.717, 1.165) is 28.0 Å². The smallest absolute Gasteiger partial charge is 0.241 e. The van der Waals surface area contributed by atoms with Gasteiger partial charge in [0.05, 0.1) is 12.1 Å². The van der Waals surface area contributed by atoms with Gasteiger partial charge in [0.2, 0.25) is 5.91 Å². The molecule has 0 saturated carbocycles. The van der Waals surface area contributed by atoms with Crippen LogP contribution >= 0.6 is 11.6 Å². The predicted molar refractivity (Wildman–Crippen MR) is 102 cm³/mol. The molecule has 0 aliphatic heterocycles. The Morgan fingerprint density at radius 1 is 1.12 bits per heavy atom. The van der Waals surface area contributed by atoms with E-state index in [1.807, 2.05) is 63.2 Å². The number of nitrogens with one attached hydrogen (secondary N) is 2. The van der Waals surface area contributed by atoms with Crippen molar-refractivity contribution in [1.82, 2.24) is 5.32 Å². The van der Waals surface area contributed by atoms with E-state index >= 15 is 0 Å². The van der Waals surface area contributed by atoms with Gasteiger partial charge in [-0.1, -0.05) is 35.9 Å². The molecule has 0 saturated heterocycles. The zero-order chi connectivity index (χ0) is 18.0. The maximum atomic E-state index is 12.5. The van der Waals surface area contributed by atoms with Crippen LogP contribution in [0.3, 0.4) is 0 Å². The van der Waals surface area contributed by atoms with Crippen molar-refractivity contribution in [3.63, 3.8) is 0 Å². The summed E-state index contributed by atoms with van der Waals surface area (Å²) in [5.74, 6) is 0.688. The molecule has 2 N–H and O–H groups in total. The Morgan fingerprint density at radius 2 is 1.88 bits per heavy atom. The predicted octanol–water partition coefficient (Wildman–Crippen LogP) is 5.07. The highest BCUT2D eigenvalue weighted by Crippen LogP contribution is 2.25. The van der Waals surface area contributed by atoms with Gasteiger partial charge in [0.15, 0.2) is 0 Å². The van der Waals surface area contributed by atoms with Crippen molar-refractivity contribution in [2.75, 3.05) is 5.32 Å². The molecule has 1 amide bonds. The van der Waals surface area contributed by atoms with Crippen LogP contribution in [0, 0.1) is 6.92 Å². The van der Waals surface area contributed by atoms with Gasteiger partial charge in [-0.3, -0.25) is 10.1 Å². The minimum absolute atomic E-state index is 0.0893. The molecule has 2 aromatic carbocycles. The standard InChI is InChI=1S/C20H21ClN2O2/c1-12-16(21)8-6-9-17(12)23-20(24)14(3)22-13(2)19-11-15-7-4-5-10-18(15)25-19/h4-11,13-14,22H,1-3H3,(H,23,24). The lowest BCUT2D eigenvalue weighted by atomic mass is 10.1. The van der Waals surface area contributed by atoms with Gasteiger partial charge in [-0.05, 0) is 50.6 Å². The summed E-state index contributed by atoms with van der Waals surface area (Å²) >= 11 is 6.10. The number of benzene rings is 2. The summed E-state index contributed by atoms with van der Waals surface area (Å²) in [7, 11) is 0. The highest BCUT2D eigenvalue weighted by Gasteiger charge is 2.19. The van der Waals surface area contributed by atoms with Crippen LogP contribution in [-0.2, 0) is 4.79 Å². The van der Waals surface area contributed by atoms with Crippen LogP contribution in [0.25, 0.3) is 11.0 Å². The van der Waals surface area contributed by atoms with Gasteiger partial charge >= 0.3 is 0 Å². The normalized spacial score (nSPS) is 13.6. The molecular formula is C20H21ClN2O2. The lowest BCUT2D eigenvalue weighted by Gasteiger charge is -2.19. The summed E-state index contributed by atoms with van der Waals surface area (Å²) in [6.07, 6.45) is 0. The largest absolute Gasteiger partial charge is 0.459 e. The number of amides is 1. The summed E-state index contributed by atoms with van der Waals surface area (Å²) in [5, 5.41) is 7.88. The summed E-state index contributed by atoms with van der Waals surface area (Å²) in [5.41, 5.74) is 2.43. The van der Waals surface area contributed by atoms with E-state index in [1.54, 1.807) is 6.07 Å². The summed E-state index contributed by atoms with van der Waals surface area (Å²) in [6.45, 7) is 5.69.